The molecule has 0 aliphatic rings. The van der Waals surface area contributed by atoms with Gasteiger partial charge in [0.25, 0.3) is 0 Å². The number of rotatable bonds is 2. The van der Waals surface area contributed by atoms with Crippen molar-refractivity contribution >= 4 is 17.6 Å². The first-order valence-electron chi connectivity index (χ1n) is 3.33. The van der Waals surface area contributed by atoms with Crippen molar-refractivity contribution in [3.8, 4) is 0 Å². The lowest BCUT2D eigenvalue weighted by molar-refractivity contribution is 0.0691. The van der Waals surface area contributed by atoms with Gasteiger partial charge in [0.2, 0.25) is 0 Å². The van der Waals surface area contributed by atoms with Crippen LogP contribution in [-0.4, -0.2) is 11.1 Å². The standard InChI is InChI=1S/C8H5ClF2O2/c9-3-4-1-5(10)2-6(7(4)11)8(12)13/h1-2H,3H2,(H,12,13). The van der Waals surface area contributed by atoms with Crippen LogP contribution < -0.4 is 0 Å². The minimum Gasteiger partial charge on any atom is -0.478 e. The van der Waals surface area contributed by atoms with Crippen LogP contribution in [0.25, 0.3) is 0 Å². The van der Waals surface area contributed by atoms with Gasteiger partial charge in [-0.05, 0) is 12.1 Å². The van der Waals surface area contributed by atoms with E-state index in [4.69, 9.17) is 16.7 Å². The van der Waals surface area contributed by atoms with E-state index in [2.05, 4.69) is 0 Å². The fraction of sp³-hybridized carbons (Fsp3) is 0.125. The summed E-state index contributed by atoms with van der Waals surface area (Å²) in [6.07, 6.45) is 0. The molecule has 1 aromatic carbocycles. The normalized spacial score (nSPS) is 10.1. The molecule has 0 radical (unpaired) electrons. The molecule has 0 atom stereocenters. The summed E-state index contributed by atoms with van der Waals surface area (Å²) >= 11 is 5.28. The molecule has 1 N–H and O–H groups in total. The van der Waals surface area contributed by atoms with Gasteiger partial charge in [0, 0.05) is 5.56 Å². The monoisotopic (exact) mass is 206 g/mol. The highest BCUT2D eigenvalue weighted by Crippen LogP contribution is 2.17. The summed E-state index contributed by atoms with van der Waals surface area (Å²) in [5.41, 5.74) is -0.852. The van der Waals surface area contributed by atoms with E-state index < -0.39 is 23.2 Å². The second-order valence-corrected chi connectivity index (χ2v) is 2.63. The van der Waals surface area contributed by atoms with E-state index in [0.29, 0.717) is 6.07 Å². The average Bonchev–Trinajstić information content (AvgIpc) is 2.08. The molecule has 0 aliphatic heterocycles. The van der Waals surface area contributed by atoms with Crippen molar-refractivity contribution < 1.29 is 18.7 Å². The van der Waals surface area contributed by atoms with Crippen molar-refractivity contribution in [3.05, 3.63) is 34.9 Å². The smallest absolute Gasteiger partial charge is 0.338 e. The molecule has 13 heavy (non-hydrogen) atoms. The number of hydrogen-bond acceptors (Lipinski definition) is 1. The first-order chi connectivity index (χ1) is 6.06. The van der Waals surface area contributed by atoms with Gasteiger partial charge in [-0.3, -0.25) is 0 Å². The van der Waals surface area contributed by atoms with Crippen LogP contribution in [0.5, 0.6) is 0 Å². The van der Waals surface area contributed by atoms with E-state index in [0.717, 1.165) is 6.07 Å². The Hall–Kier alpha value is -1.16. The molecule has 0 aromatic heterocycles. The van der Waals surface area contributed by atoms with Gasteiger partial charge in [0.05, 0.1) is 11.4 Å². The largest absolute Gasteiger partial charge is 0.478 e. The number of carboxylic acid groups (broad SMARTS) is 1. The maximum Gasteiger partial charge on any atom is 0.338 e. The quantitative estimate of drug-likeness (QED) is 0.755. The van der Waals surface area contributed by atoms with Gasteiger partial charge >= 0.3 is 5.97 Å². The zero-order valence-corrected chi connectivity index (χ0v) is 7.11. The summed E-state index contributed by atoms with van der Waals surface area (Å²) in [6, 6.07) is 1.49. The SMILES string of the molecule is O=C(O)c1cc(F)cc(CCl)c1F. The van der Waals surface area contributed by atoms with E-state index in [1.165, 1.54) is 0 Å². The summed E-state index contributed by atoms with van der Waals surface area (Å²) in [7, 11) is 0. The zero-order chi connectivity index (χ0) is 10.0. The van der Waals surface area contributed by atoms with Crippen molar-refractivity contribution in [2.75, 3.05) is 0 Å². The summed E-state index contributed by atoms with van der Waals surface area (Å²) in [4.78, 5) is 10.4. The number of halogens is 3. The van der Waals surface area contributed by atoms with Crippen LogP contribution in [0.4, 0.5) is 8.78 Å². The second kappa shape index (κ2) is 3.70. The van der Waals surface area contributed by atoms with Crippen LogP contribution in [0.1, 0.15) is 15.9 Å². The summed E-state index contributed by atoms with van der Waals surface area (Å²) in [5, 5.41) is 8.46. The van der Waals surface area contributed by atoms with Gasteiger partial charge in [-0.1, -0.05) is 0 Å². The Morgan fingerprint density at radius 1 is 1.46 bits per heavy atom. The Balaban J connectivity index is 3.35. The van der Waals surface area contributed by atoms with Crippen LogP contribution in [0.2, 0.25) is 0 Å². The number of hydrogen-bond donors (Lipinski definition) is 1. The van der Waals surface area contributed by atoms with Gasteiger partial charge in [-0.25, -0.2) is 13.6 Å². The number of carbonyl (C=O) groups is 1. The van der Waals surface area contributed by atoms with Gasteiger partial charge in [0.15, 0.2) is 0 Å². The van der Waals surface area contributed by atoms with Crippen LogP contribution in [0.15, 0.2) is 12.1 Å². The van der Waals surface area contributed by atoms with Gasteiger partial charge in [-0.2, -0.15) is 0 Å². The third-order valence-corrected chi connectivity index (χ3v) is 1.78. The number of carboxylic acids is 1. The topological polar surface area (TPSA) is 37.3 Å². The summed E-state index contributed by atoms with van der Waals surface area (Å²) in [5.74, 6) is -3.56. The maximum atomic E-state index is 13.1. The van der Waals surface area contributed by atoms with Gasteiger partial charge in [0.1, 0.15) is 11.6 Å². The van der Waals surface area contributed by atoms with E-state index in [1.807, 2.05) is 0 Å². The summed E-state index contributed by atoms with van der Waals surface area (Å²) in [6.45, 7) is 0. The first kappa shape index (κ1) is 9.92. The fourth-order valence-electron chi connectivity index (χ4n) is 0.899. The zero-order valence-electron chi connectivity index (χ0n) is 6.35. The molecule has 0 unspecified atom stereocenters. The minimum atomic E-state index is -1.51. The van der Waals surface area contributed by atoms with Crippen LogP contribution in [-0.2, 0) is 5.88 Å². The van der Waals surface area contributed by atoms with E-state index >= 15 is 0 Å². The lowest BCUT2D eigenvalue weighted by Crippen LogP contribution is -2.04. The molecule has 0 saturated heterocycles. The minimum absolute atomic E-state index is 0.154. The Labute approximate surface area is 77.8 Å². The van der Waals surface area contributed by atoms with Crippen LogP contribution in [0, 0.1) is 11.6 Å². The van der Waals surface area contributed by atoms with Gasteiger partial charge in [-0.15, -0.1) is 11.6 Å². The average molecular weight is 207 g/mol. The van der Waals surface area contributed by atoms with Crippen molar-refractivity contribution in [1.29, 1.82) is 0 Å². The molecule has 70 valence electrons. The molecule has 1 aromatic rings. The van der Waals surface area contributed by atoms with E-state index in [-0.39, 0.29) is 11.4 Å². The predicted molar refractivity (Wildman–Crippen MR) is 42.9 cm³/mol. The third kappa shape index (κ3) is 1.95. The molecule has 5 heteroatoms. The molecule has 0 amide bonds. The van der Waals surface area contributed by atoms with Crippen molar-refractivity contribution in [1.82, 2.24) is 0 Å². The molecular weight excluding hydrogens is 202 g/mol. The van der Waals surface area contributed by atoms with Gasteiger partial charge < -0.3 is 5.11 Å². The molecule has 0 fully saturated rings. The molecule has 0 heterocycles. The lowest BCUT2D eigenvalue weighted by Gasteiger charge is -2.02. The second-order valence-electron chi connectivity index (χ2n) is 2.37. The first-order valence-corrected chi connectivity index (χ1v) is 3.87. The van der Waals surface area contributed by atoms with Crippen molar-refractivity contribution in [2.24, 2.45) is 0 Å². The molecular formula is C8H5ClF2O2. The van der Waals surface area contributed by atoms with Crippen molar-refractivity contribution in [3.63, 3.8) is 0 Å². The van der Waals surface area contributed by atoms with Crippen molar-refractivity contribution in [2.45, 2.75) is 5.88 Å². The Morgan fingerprint density at radius 2 is 2.08 bits per heavy atom. The van der Waals surface area contributed by atoms with E-state index in [1.54, 1.807) is 0 Å². The summed E-state index contributed by atoms with van der Waals surface area (Å²) < 4.78 is 25.7. The lowest BCUT2D eigenvalue weighted by atomic mass is 10.1. The number of alkyl halides is 1. The molecule has 0 saturated carbocycles. The third-order valence-electron chi connectivity index (χ3n) is 1.49. The van der Waals surface area contributed by atoms with E-state index in [9.17, 15) is 13.6 Å². The highest BCUT2D eigenvalue weighted by atomic mass is 35.5. The Bertz CT molecular complexity index is 352. The number of aromatic carboxylic acids is 1. The predicted octanol–water partition coefficient (Wildman–Crippen LogP) is 2.40. The van der Waals surface area contributed by atoms with Crippen LogP contribution in [0.3, 0.4) is 0 Å². The van der Waals surface area contributed by atoms with Crippen LogP contribution >= 0.6 is 11.6 Å². The highest BCUT2D eigenvalue weighted by Gasteiger charge is 2.15. The Kier molecular flexibility index (Phi) is 2.83. The molecule has 1 rings (SSSR count). The molecule has 0 spiro atoms. The highest BCUT2D eigenvalue weighted by molar-refractivity contribution is 6.17. The fourth-order valence-corrected chi connectivity index (χ4v) is 1.09. The maximum absolute atomic E-state index is 13.1. The Morgan fingerprint density at radius 3 is 2.54 bits per heavy atom. The molecule has 0 aliphatic carbocycles. The number of benzene rings is 1. The molecule has 2 nitrogen and oxygen atoms in total. The molecule has 0 bridgehead atoms.